The first-order valence-corrected chi connectivity index (χ1v) is 9.05. The summed E-state index contributed by atoms with van der Waals surface area (Å²) in [5.41, 5.74) is 0. The van der Waals surface area contributed by atoms with Crippen molar-refractivity contribution in [3.63, 3.8) is 0 Å². The van der Waals surface area contributed by atoms with Crippen molar-refractivity contribution in [2.75, 3.05) is 18.8 Å². The highest BCUT2D eigenvalue weighted by Crippen LogP contribution is 2.33. The van der Waals surface area contributed by atoms with Crippen molar-refractivity contribution in [1.82, 2.24) is 0 Å². The Labute approximate surface area is 83.7 Å². The molecule has 0 unspecified atom stereocenters. The zero-order valence-electron chi connectivity index (χ0n) is 6.72. The van der Waals surface area contributed by atoms with Crippen molar-refractivity contribution in [3.05, 3.63) is 0 Å². The third-order valence-corrected chi connectivity index (χ3v) is 11.0. The summed E-state index contributed by atoms with van der Waals surface area (Å²) < 4.78 is 39.0. The van der Waals surface area contributed by atoms with Crippen LogP contribution in [0, 0.1) is 0 Å². The second kappa shape index (κ2) is 8.77. The van der Waals surface area contributed by atoms with Gasteiger partial charge in [0.2, 0.25) is 0 Å². The molecule has 0 fully saturated rings. The van der Waals surface area contributed by atoms with E-state index >= 15 is 0 Å². The lowest BCUT2D eigenvalue weighted by atomic mass is 10.3. The van der Waals surface area contributed by atoms with Gasteiger partial charge in [0.05, 0.1) is 0 Å². The Morgan fingerprint density at radius 3 is 1.00 bits per heavy atom. The Balaban J connectivity index is 0. The molecular weight excluding hydrogens is 251 g/mol. The van der Waals surface area contributed by atoms with E-state index in [0.29, 0.717) is 7.99 Å². The zero-order chi connectivity index (χ0) is 10.2. The van der Waals surface area contributed by atoms with E-state index in [4.69, 9.17) is 0 Å². The summed E-state index contributed by atoms with van der Waals surface area (Å²) in [4.78, 5) is 0. The molecule has 0 aromatic rings. The molecule has 0 bridgehead atoms. The van der Waals surface area contributed by atoms with Crippen LogP contribution in [-0.4, -0.2) is 26.0 Å². The molecule has 0 aromatic carbocycles. The normalized spacial score (nSPS) is 11.0. The minimum atomic E-state index is -6.00. The second-order valence-corrected chi connectivity index (χ2v) is 10.5. The summed E-state index contributed by atoms with van der Waals surface area (Å²) in [6.07, 6.45) is 6.45. The molecule has 12 heavy (non-hydrogen) atoms. The van der Waals surface area contributed by atoms with Crippen molar-refractivity contribution in [3.8, 4) is 0 Å². The Kier molecular flexibility index (Phi) is 11.4. The molecule has 0 N–H and O–H groups in total. The van der Waals surface area contributed by atoms with Gasteiger partial charge in [-0.05, 0) is 0 Å². The Morgan fingerprint density at radius 2 is 1.00 bits per heavy atom. The number of halogens is 4. The van der Waals surface area contributed by atoms with Crippen LogP contribution in [0.25, 0.3) is 0 Å². The minimum Gasteiger partial charge on any atom is -0.418 e. The lowest BCUT2D eigenvalue weighted by Crippen LogP contribution is -2.02. The van der Waals surface area contributed by atoms with Crippen molar-refractivity contribution < 1.29 is 17.3 Å². The highest BCUT2D eigenvalue weighted by atomic mass is 33.8. The third-order valence-electron chi connectivity index (χ3n) is 0.408. The predicted octanol–water partition coefficient (Wildman–Crippen LogP) is 3.74. The molecule has 0 saturated carbocycles. The second-order valence-electron chi connectivity index (χ2n) is 1.20. The third kappa shape index (κ3) is 22.5. The van der Waals surface area contributed by atoms with Crippen LogP contribution in [0.2, 0.25) is 0 Å². The van der Waals surface area contributed by atoms with Gasteiger partial charge >= 0.3 is 7.25 Å². The van der Waals surface area contributed by atoms with E-state index in [1.54, 1.807) is 0 Å². The van der Waals surface area contributed by atoms with E-state index in [0.717, 1.165) is 0 Å². The molecule has 0 saturated heterocycles. The van der Waals surface area contributed by atoms with E-state index in [2.05, 4.69) is 18.8 Å². The Morgan fingerprint density at radius 1 is 0.833 bits per heavy atom. The molecule has 0 rings (SSSR count). The van der Waals surface area contributed by atoms with Crippen LogP contribution < -0.4 is 0 Å². The monoisotopic (exact) mass is 260 g/mol. The molecule has 0 heterocycles. The van der Waals surface area contributed by atoms with E-state index < -0.39 is 7.25 Å². The summed E-state index contributed by atoms with van der Waals surface area (Å²) in [5, 5.41) is 0. The van der Waals surface area contributed by atoms with E-state index in [1.165, 1.54) is 0 Å². The lowest BCUT2D eigenvalue weighted by Gasteiger charge is -1.94. The van der Waals surface area contributed by atoms with Gasteiger partial charge in [0, 0.05) is 18.8 Å². The van der Waals surface area contributed by atoms with Crippen LogP contribution in [0.15, 0.2) is 0 Å². The first-order valence-electron chi connectivity index (χ1n) is 2.60. The highest BCUT2D eigenvalue weighted by molar-refractivity contribution is 9.30. The summed E-state index contributed by atoms with van der Waals surface area (Å²) in [6, 6.07) is 0. The molecule has 0 aliphatic carbocycles. The fourth-order valence-corrected chi connectivity index (χ4v) is 5.51. The smallest absolute Gasteiger partial charge is 0.418 e. The quantitative estimate of drug-likeness (QED) is 0.328. The van der Waals surface area contributed by atoms with E-state index in [1.807, 2.05) is 32.4 Å². The van der Waals surface area contributed by atoms with Gasteiger partial charge in [0.25, 0.3) is 0 Å². The molecule has 0 amide bonds. The maximum Gasteiger partial charge on any atom is 0.673 e. The van der Waals surface area contributed by atoms with Gasteiger partial charge in [-0.3, -0.25) is 0 Å². The fraction of sp³-hybridized carbons (Fsp3) is 1.00. The van der Waals surface area contributed by atoms with E-state index in [-0.39, 0.29) is 0 Å². The van der Waals surface area contributed by atoms with Crippen LogP contribution in [0.4, 0.5) is 17.3 Å². The highest BCUT2D eigenvalue weighted by Gasteiger charge is 2.20. The lowest BCUT2D eigenvalue weighted by molar-refractivity contribution is 0.368. The zero-order valence-corrected chi connectivity index (χ0v) is 9.99. The van der Waals surface area contributed by atoms with Gasteiger partial charge in [-0.15, -0.1) is 0 Å². The maximum absolute atomic E-state index is 9.75. The van der Waals surface area contributed by atoms with Crippen LogP contribution in [-0.2, 0) is 7.99 Å². The molecular formula is C3H9BF4S4. The molecule has 0 aliphatic heterocycles. The van der Waals surface area contributed by atoms with Crippen molar-refractivity contribution >= 4 is 47.6 Å². The molecule has 76 valence electrons. The SMILES string of the molecule is CS[S+](SC)SC.F[B-](F)(F)F. The number of rotatable bonds is 3. The average Bonchev–Trinajstić information content (AvgIpc) is 1.88. The van der Waals surface area contributed by atoms with Gasteiger partial charge in [-0.25, -0.2) is 0 Å². The average molecular weight is 260 g/mol. The summed E-state index contributed by atoms with van der Waals surface area (Å²) in [5.74, 6) is 0. The number of hydrogen-bond donors (Lipinski definition) is 0. The molecule has 0 spiro atoms. The topological polar surface area (TPSA) is 0 Å². The van der Waals surface area contributed by atoms with Crippen LogP contribution in [0.5, 0.6) is 0 Å². The molecule has 0 aromatic heterocycles. The van der Waals surface area contributed by atoms with Gasteiger partial charge in [-0.2, -0.15) is 0 Å². The maximum atomic E-state index is 9.75. The minimum absolute atomic E-state index is 0.505. The number of hydrogen-bond acceptors (Lipinski definition) is 3. The molecule has 0 nitrogen and oxygen atoms in total. The summed E-state index contributed by atoms with van der Waals surface area (Å²) >= 11 is 0. The van der Waals surface area contributed by atoms with Gasteiger partial charge < -0.3 is 17.3 Å². The van der Waals surface area contributed by atoms with Crippen LogP contribution >= 0.6 is 32.4 Å². The Hall–Kier alpha value is 1.18. The van der Waals surface area contributed by atoms with Crippen LogP contribution in [0.1, 0.15) is 0 Å². The Bertz CT molecular complexity index is 83.3. The first-order chi connectivity index (χ1) is 5.35. The molecule has 0 atom stereocenters. The van der Waals surface area contributed by atoms with Crippen molar-refractivity contribution in [2.24, 2.45) is 0 Å². The van der Waals surface area contributed by atoms with Crippen LogP contribution in [0.3, 0.4) is 0 Å². The predicted molar refractivity (Wildman–Crippen MR) is 58.1 cm³/mol. The van der Waals surface area contributed by atoms with Crippen molar-refractivity contribution in [2.45, 2.75) is 0 Å². The molecule has 9 heteroatoms. The summed E-state index contributed by atoms with van der Waals surface area (Å²) in [7, 11) is 0.275. The first kappa shape index (κ1) is 15.6. The fourth-order valence-electron chi connectivity index (χ4n) is 0.204. The standard InChI is InChI=1S/C3H9S4.BF4/c1-4-7(5-2)6-3;2-1(3,4)5/h1-3H3;/q+1;-1. The van der Waals surface area contributed by atoms with E-state index in [9.17, 15) is 17.3 Å². The summed E-state index contributed by atoms with van der Waals surface area (Å²) in [6.45, 7) is 0. The van der Waals surface area contributed by atoms with Gasteiger partial charge in [-0.1, -0.05) is 0 Å². The largest absolute Gasteiger partial charge is 0.673 e. The van der Waals surface area contributed by atoms with Gasteiger partial charge in [0.1, 0.15) is 32.4 Å². The molecule has 0 radical (unpaired) electrons. The van der Waals surface area contributed by atoms with Crippen molar-refractivity contribution in [1.29, 1.82) is 0 Å². The van der Waals surface area contributed by atoms with Gasteiger partial charge in [0.15, 0.2) is 7.99 Å². The molecule has 0 aliphatic rings.